The van der Waals surface area contributed by atoms with Crippen LogP contribution in [0.3, 0.4) is 0 Å². The van der Waals surface area contributed by atoms with E-state index >= 15 is 0 Å². The normalized spacial score (nSPS) is 19.6. The van der Waals surface area contributed by atoms with E-state index in [2.05, 4.69) is 11.9 Å². The molecule has 0 aliphatic carbocycles. The summed E-state index contributed by atoms with van der Waals surface area (Å²) >= 11 is 0. The molecule has 1 atom stereocenters. The Morgan fingerprint density at radius 1 is 1.71 bits per heavy atom. The second-order valence-corrected chi connectivity index (χ2v) is 4.37. The van der Waals surface area contributed by atoms with Gasteiger partial charge in [0.25, 0.3) is 5.91 Å². The van der Waals surface area contributed by atoms with E-state index in [0.29, 0.717) is 19.0 Å². The molecular weight excluding hydrogens is 221 g/mol. The average molecular weight is 237 g/mol. The van der Waals surface area contributed by atoms with Crippen molar-refractivity contribution in [3.05, 3.63) is 23.6 Å². The summed E-state index contributed by atoms with van der Waals surface area (Å²) in [7, 11) is 0. The Hall–Kier alpha value is -1.65. The standard InChI is InChI=1S/C12H16FN3O/c1-2-8-4-6-16(7-8)12(17)9-3-5-15-11(14)10(9)13/h3,5,8H,2,4,6-7H2,1H3,(H2,14,15). The molecule has 4 nitrogen and oxygen atoms in total. The van der Waals surface area contributed by atoms with Crippen molar-refractivity contribution >= 4 is 11.7 Å². The number of nitrogens with zero attached hydrogens (tertiary/aromatic N) is 2. The van der Waals surface area contributed by atoms with Crippen LogP contribution in [-0.2, 0) is 0 Å². The minimum absolute atomic E-state index is 0.0225. The molecule has 0 bridgehead atoms. The summed E-state index contributed by atoms with van der Waals surface area (Å²) in [4.78, 5) is 17.4. The van der Waals surface area contributed by atoms with Gasteiger partial charge in [-0.3, -0.25) is 4.79 Å². The van der Waals surface area contributed by atoms with Crippen molar-refractivity contribution < 1.29 is 9.18 Å². The lowest BCUT2D eigenvalue weighted by Gasteiger charge is -2.16. The smallest absolute Gasteiger partial charge is 0.257 e. The number of hydrogen-bond donors (Lipinski definition) is 1. The fraction of sp³-hybridized carbons (Fsp3) is 0.500. The summed E-state index contributed by atoms with van der Waals surface area (Å²) in [5.41, 5.74) is 5.38. The summed E-state index contributed by atoms with van der Waals surface area (Å²) < 4.78 is 13.6. The van der Waals surface area contributed by atoms with Crippen LogP contribution < -0.4 is 5.73 Å². The van der Waals surface area contributed by atoms with Crippen molar-refractivity contribution in [2.75, 3.05) is 18.8 Å². The molecular formula is C12H16FN3O. The van der Waals surface area contributed by atoms with Crippen LogP contribution >= 0.6 is 0 Å². The van der Waals surface area contributed by atoms with Gasteiger partial charge in [0.1, 0.15) is 0 Å². The third-order valence-electron chi connectivity index (χ3n) is 3.30. The minimum atomic E-state index is -0.711. The largest absolute Gasteiger partial charge is 0.381 e. The predicted molar refractivity (Wildman–Crippen MR) is 62.9 cm³/mol. The second-order valence-electron chi connectivity index (χ2n) is 4.37. The fourth-order valence-corrected chi connectivity index (χ4v) is 2.15. The molecule has 1 amide bonds. The molecule has 1 saturated heterocycles. The van der Waals surface area contributed by atoms with E-state index in [0.717, 1.165) is 12.8 Å². The number of halogens is 1. The molecule has 0 aromatic carbocycles. The predicted octanol–water partition coefficient (Wildman–Crippen LogP) is 1.67. The Balaban J connectivity index is 2.18. The summed E-state index contributed by atoms with van der Waals surface area (Å²) in [5.74, 6) is -0.687. The zero-order chi connectivity index (χ0) is 12.4. The quantitative estimate of drug-likeness (QED) is 0.851. The Labute approximate surface area is 99.6 Å². The Morgan fingerprint density at radius 3 is 3.12 bits per heavy atom. The average Bonchev–Trinajstić information content (AvgIpc) is 2.80. The third-order valence-corrected chi connectivity index (χ3v) is 3.30. The molecule has 92 valence electrons. The van der Waals surface area contributed by atoms with Gasteiger partial charge in [-0.05, 0) is 18.4 Å². The molecule has 0 saturated carbocycles. The zero-order valence-corrected chi connectivity index (χ0v) is 9.82. The van der Waals surface area contributed by atoms with E-state index in [1.165, 1.54) is 12.3 Å². The van der Waals surface area contributed by atoms with Gasteiger partial charge in [0, 0.05) is 19.3 Å². The molecule has 17 heavy (non-hydrogen) atoms. The van der Waals surface area contributed by atoms with Crippen molar-refractivity contribution in [3.63, 3.8) is 0 Å². The van der Waals surface area contributed by atoms with Gasteiger partial charge in [0.15, 0.2) is 11.6 Å². The first-order valence-electron chi connectivity index (χ1n) is 5.82. The summed E-state index contributed by atoms with van der Waals surface area (Å²) in [6, 6.07) is 1.38. The molecule has 1 aromatic rings. The van der Waals surface area contributed by atoms with Crippen molar-refractivity contribution in [2.24, 2.45) is 5.92 Å². The van der Waals surface area contributed by atoms with E-state index < -0.39 is 5.82 Å². The van der Waals surface area contributed by atoms with Gasteiger partial charge in [0.2, 0.25) is 0 Å². The van der Waals surface area contributed by atoms with Gasteiger partial charge < -0.3 is 10.6 Å². The van der Waals surface area contributed by atoms with Crippen molar-refractivity contribution in [1.82, 2.24) is 9.88 Å². The highest BCUT2D eigenvalue weighted by Crippen LogP contribution is 2.22. The van der Waals surface area contributed by atoms with Crippen LogP contribution in [0.15, 0.2) is 12.3 Å². The monoisotopic (exact) mass is 237 g/mol. The fourth-order valence-electron chi connectivity index (χ4n) is 2.15. The number of carbonyl (C=O) groups is 1. The molecule has 2 rings (SSSR count). The number of rotatable bonds is 2. The minimum Gasteiger partial charge on any atom is -0.381 e. The SMILES string of the molecule is CCC1CCN(C(=O)c2ccnc(N)c2F)C1. The number of carbonyl (C=O) groups excluding carboxylic acids is 1. The Bertz CT molecular complexity index is 436. The second kappa shape index (κ2) is 4.69. The first kappa shape index (κ1) is 11.8. The number of nitrogen functional groups attached to an aromatic ring is 1. The molecule has 1 aromatic heterocycles. The van der Waals surface area contributed by atoms with Gasteiger partial charge >= 0.3 is 0 Å². The van der Waals surface area contributed by atoms with E-state index in [9.17, 15) is 9.18 Å². The van der Waals surface area contributed by atoms with Crippen LogP contribution in [0.4, 0.5) is 10.2 Å². The van der Waals surface area contributed by atoms with Crippen LogP contribution in [-0.4, -0.2) is 28.9 Å². The first-order valence-corrected chi connectivity index (χ1v) is 5.82. The number of amides is 1. The van der Waals surface area contributed by atoms with Crippen molar-refractivity contribution in [2.45, 2.75) is 19.8 Å². The molecule has 1 aliphatic heterocycles. The molecule has 5 heteroatoms. The number of anilines is 1. The van der Waals surface area contributed by atoms with Gasteiger partial charge in [0.05, 0.1) is 5.56 Å². The van der Waals surface area contributed by atoms with Crippen LogP contribution in [0.2, 0.25) is 0 Å². The molecule has 1 unspecified atom stereocenters. The topological polar surface area (TPSA) is 59.2 Å². The maximum atomic E-state index is 13.6. The van der Waals surface area contributed by atoms with Crippen LogP contribution in [0.1, 0.15) is 30.1 Å². The van der Waals surface area contributed by atoms with Gasteiger partial charge in [-0.2, -0.15) is 0 Å². The van der Waals surface area contributed by atoms with Gasteiger partial charge in [-0.1, -0.05) is 13.3 Å². The van der Waals surface area contributed by atoms with Crippen molar-refractivity contribution in [1.29, 1.82) is 0 Å². The van der Waals surface area contributed by atoms with E-state index in [-0.39, 0.29) is 17.3 Å². The lowest BCUT2D eigenvalue weighted by Crippen LogP contribution is -2.29. The highest BCUT2D eigenvalue weighted by atomic mass is 19.1. The summed E-state index contributed by atoms with van der Waals surface area (Å²) in [6.45, 7) is 3.50. The highest BCUT2D eigenvalue weighted by Gasteiger charge is 2.27. The van der Waals surface area contributed by atoms with E-state index in [4.69, 9.17) is 5.73 Å². The molecule has 0 spiro atoms. The van der Waals surface area contributed by atoms with Crippen LogP contribution in [0.25, 0.3) is 0 Å². The lowest BCUT2D eigenvalue weighted by atomic mass is 10.1. The number of hydrogen-bond acceptors (Lipinski definition) is 3. The zero-order valence-electron chi connectivity index (χ0n) is 9.82. The summed E-state index contributed by atoms with van der Waals surface area (Å²) in [5, 5.41) is 0. The highest BCUT2D eigenvalue weighted by molar-refractivity contribution is 5.95. The molecule has 2 N–H and O–H groups in total. The number of nitrogens with two attached hydrogens (primary N) is 1. The van der Waals surface area contributed by atoms with E-state index in [1.54, 1.807) is 4.90 Å². The number of pyridine rings is 1. The van der Waals surface area contributed by atoms with Crippen LogP contribution in [0.5, 0.6) is 0 Å². The van der Waals surface area contributed by atoms with E-state index in [1.807, 2.05) is 0 Å². The lowest BCUT2D eigenvalue weighted by molar-refractivity contribution is 0.0782. The first-order chi connectivity index (χ1) is 8.13. The number of likely N-dealkylation sites (tertiary alicyclic amines) is 1. The third kappa shape index (κ3) is 2.23. The summed E-state index contributed by atoms with van der Waals surface area (Å²) in [6.07, 6.45) is 3.40. The molecule has 1 fully saturated rings. The maximum absolute atomic E-state index is 13.6. The Morgan fingerprint density at radius 2 is 2.47 bits per heavy atom. The number of aromatic nitrogens is 1. The molecule has 2 heterocycles. The van der Waals surface area contributed by atoms with Gasteiger partial charge in [-0.15, -0.1) is 0 Å². The molecule has 0 radical (unpaired) electrons. The van der Waals surface area contributed by atoms with Gasteiger partial charge in [-0.25, -0.2) is 9.37 Å². The van der Waals surface area contributed by atoms with Crippen molar-refractivity contribution in [3.8, 4) is 0 Å². The molecule has 1 aliphatic rings. The Kier molecular flexibility index (Phi) is 3.26. The van der Waals surface area contributed by atoms with Crippen LogP contribution in [0, 0.1) is 11.7 Å². The maximum Gasteiger partial charge on any atom is 0.257 e.